The zero-order chi connectivity index (χ0) is 15.5. The number of amides is 2. The maximum atomic E-state index is 12.8. The van der Waals surface area contributed by atoms with Crippen LogP contribution in [-0.4, -0.2) is 60.0 Å². The molecule has 3 rings (SSSR count). The Morgan fingerprint density at radius 3 is 2.86 bits per heavy atom. The molecule has 5 nitrogen and oxygen atoms in total. The van der Waals surface area contributed by atoms with Crippen LogP contribution in [0.15, 0.2) is 0 Å². The van der Waals surface area contributed by atoms with E-state index in [0.29, 0.717) is 25.6 Å². The SMILES string of the molecule is CCC1CCCCN1C(=O)C1CC(=O)N(CC2CCCO2)C1. The van der Waals surface area contributed by atoms with Gasteiger partial charge in [0.2, 0.25) is 11.8 Å². The van der Waals surface area contributed by atoms with Crippen molar-refractivity contribution in [3.63, 3.8) is 0 Å². The number of ether oxygens (including phenoxy) is 1. The molecule has 0 aromatic carbocycles. The van der Waals surface area contributed by atoms with E-state index in [-0.39, 0.29) is 23.8 Å². The Balaban J connectivity index is 1.58. The van der Waals surface area contributed by atoms with E-state index >= 15 is 0 Å². The molecule has 3 aliphatic rings. The molecule has 22 heavy (non-hydrogen) atoms. The summed E-state index contributed by atoms with van der Waals surface area (Å²) >= 11 is 0. The highest BCUT2D eigenvalue weighted by Crippen LogP contribution is 2.27. The van der Waals surface area contributed by atoms with Crippen molar-refractivity contribution in [3.05, 3.63) is 0 Å². The van der Waals surface area contributed by atoms with Crippen molar-refractivity contribution >= 4 is 11.8 Å². The lowest BCUT2D eigenvalue weighted by Gasteiger charge is -2.36. The molecule has 0 saturated carbocycles. The van der Waals surface area contributed by atoms with Crippen molar-refractivity contribution in [1.82, 2.24) is 9.80 Å². The van der Waals surface area contributed by atoms with Gasteiger partial charge in [-0.25, -0.2) is 0 Å². The first-order valence-electron chi connectivity index (χ1n) is 8.89. The van der Waals surface area contributed by atoms with Crippen LogP contribution in [-0.2, 0) is 14.3 Å². The molecule has 0 radical (unpaired) electrons. The fourth-order valence-electron chi connectivity index (χ4n) is 4.10. The molecule has 3 fully saturated rings. The molecule has 0 spiro atoms. The minimum Gasteiger partial charge on any atom is -0.376 e. The molecule has 3 unspecified atom stereocenters. The Labute approximate surface area is 133 Å². The van der Waals surface area contributed by atoms with Crippen LogP contribution in [0.3, 0.4) is 0 Å². The molecule has 2 amide bonds. The normalized spacial score (nSPS) is 32.8. The van der Waals surface area contributed by atoms with E-state index in [1.807, 2.05) is 4.90 Å². The van der Waals surface area contributed by atoms with E-state index in [0.717, 1.165) is 45.3 Å². The maximum absolute atomic E-state index is 12.8. The van der Waals surface area contributed by atoms with Crippen molar-refractivity contribution in [2.45, 2.75) is 64.0 Å². The number of nitrogens with zero attached hydrogens (tertiary/aromatic N) is 2. The topological polar surface area (TPSA) is 49.9 Å². The molecule has 0 N–H and O–H groups in total. The summed E-state index contributed by atoms with van der Waals surface area (Å²) in [5.74, 6) is 0.190. The van der Waals surface area contributed by atoms with E-state index < -0.39 is 0 Å². The largest absolute Gasteiger partial charge is 0.376 e. The molecule has 3 aliphatic heterocycles. The van der Waals surface area contributed by atoms with Gasteiger partial charge in [-0.1, -0.05) is 6.92 Å². The maximum Gasteiger partial charge on any atom is 0.228 e. The predicted octanol–water partition coefficient (Wildman–Crippen LogP) is 1.80. The quantitative estimate of drug-likeness (QED) is 0.796. The number of hydrogen-bond donors (Lipinski definition) is 0. The average Bonchev–Trinajstić information content (AvgIpc) is 3.17. The molecular formula is C17H28N2O3. The van der Waals surface area contributed by atoms with Crippen molar-refractivity contribution in [2.24, 2.45) is 5.92 Å². The van der Waals surface area contributed by atoms with Crippen LogP contribution >= 0.6 is 0 Å². The van der Waals surface area contributed by atoms with E-state index in [1.54, 1.807) is 0 Å². The second-order valence-electron chi connectivity index (χ2n) is 6.92. The zero-order valence-electron chi connectivity index (χ0n) is 13.6. The molecule has 0 aromatic rings. The molecule has 3 heterocycles. The fraction of sp³-hybridized carbons (Fsp3) is 0.882. The third-order valence-electron chi connectivity index (χ3n) is 5.39. The summed E-state index contributed by atoms with van der Waals surface area (Å²) in [4.78, 5) is 28.9. The van der Waals surface area contributed by atoms with Crippen LogP contribution in [0.4, 0.5) is 0 Å². The minimum absolute atomic E-state index is 0.124. The standard InChI is InChI=1S/C17H28N2O3/c1-2-14-6-3-4-8-19(14)17(21)13-10-16(20)18(11-13)12-15-7-5-9-22-15/h13-15H,2-12H2,1H3. The third kappa shape index (κ3) is 3.29. The van der Waals surface area contributed by atoms with Gasteiger partial charge in [0.25, 0.3) is 0 Å². The smallest absolute Gasteiger partial charge is 0.228 e. The predicted molar refractivity (Wildman–Crippen MR) is 83.3 cm³/mol. The van der Waals surface area contributed by atoms with Crippen molar-refractivity contribution in [3.8, 4) is 0 Å². The lowest BCUT2D eigenvalue weighted by Crippen LogP contribution is -2.46. The van der Waals surface area contributed by atoms with Crippen LogP contribution in [0.25, 0.3) is 0 Å². The number of carbonyl (C=O) groups is 2. The van der Waals surface area contributed by atoms with Gasteiger partial charge in [0, 0.05) is 38.7 Å². The van der Waals surface area contributed by atoms with Crippen LogP contribution in [0, 0.1) is 5.92 Å². The Bertz CT molecular complexity index is 420. The first-order valence-corrected chi connectivity index (χ1v) is 8.89. The molecular weight excluding hydrogens is 280 g/mol. The average molecular weight is 308 g/mol. The van der Waals surface area contributed by atoms with Gasteiger partial charge in [0.1, 0.15) is 0 Å². The number of hydrogen-bond acceptors (Lipinski definition) is 3. The second kappa shape index (κ2) is 6.99. The van der Waals surface area contributed by atoms with E-state index in [9.17, 15) is 9.59 Å². The molecule has 3 saturated heterocycles. The van der Waals surface area contributed by atoms with Gasteiger partial charge in [0.15, 0.2) is 0 Å². The Hall–Kier alpha value is -1.10. The molecule has 0 aliphatic carbocycles. The van der Waals surface area contributed by atoms with Crippen molar-refractivity contribution in [1.29, 1.82) is 0 Å². The lowest BCUT2D eigenvalue weighted by molar-refractivity contribution is -0.139. The van der Waals surface area contributed by atoms with E-state index in [2.05, 4.69) is 11.8 Å². The van der Waals surface area contributed by atoms with Crippen molar-refractivity contribution in [2.75, 3.05) is 26.2 Å². The van der Waals surface area contributed by atoms with Gasteiger partial charge >= 0.3 is 0 Å². The lowest BCUT2D eigenvalue weighted by atomic mass is 9.97. The van der Waals surface area contributed by atoms with Gasteiger partial charge in [0.05, 0.1) is 12.0 Å². The van der Waals surface area contributed by atoms with Crippen LogP contribution < -0.4 is 0 Å². The highest BCUT2D eigenvalue weighted by molar-refractivity contribution is 5.89. The fourth-order valence-corrected chi connectivity index (χ4v) is 4.10. The summed E-state index contributed by atoms with van der Waals surface area (Å²) in [6, 6.07) is 0.378. The van der Waals surface area contributed by atoms with Crippen LogP contribution in [0.1, 0.15) is 51.9 Å². The molecule has 0 aromatic heterocycles. The third-order valence-corrected chi connectivity index (χ3v) is 5.39. The number of rotatable bonds is 4. The first-order chi connectivity index (χ1) is 10.7. The highest BCUT2D eigenvalue weighted by atomic mass is 16.5. The van der Waals surface area contributed by atoms with Gasteiger partial charge < -0.3 is 14.5 Å². The van der Waals surface area contributed by atoms with Crippen LogP contribution in [0.2, 0.25) is 0 Å². The molecule has 0 bridgehead atoms. The van der Waals surface area contributed by atoms with Gasteiger partial charge in [-0.15, -0.1) is 0 Å². The summed E-state index contributed by atoms with van der Waals surface area (Å²) in [6.07, 6.45) is 7.14. The van der Waals surface area contributed by atoms with Gasteiger partial charge in [-0.3, -0.25) is 9.59 Å². The van der Waals surface area contributed by atoms with Crippen molar-refractivity contribution < 1.29 is 14.3 Å². The monoisotopic (exact) mass is 308 g/mol. The summed E-state index contributed by atoms with van der Waals surface area (Å²) < 4.78 is 5.62. The van der Waals surface area contributed by atoms with E-state index in [1.165, 1.54) is 6.42 Å². The Kier molecular flexibility index (Phi) is 5.01. The van der Waals surface area contributed by atoms with Gasteiger partial charge in [-0.05, 0) is 38.5 Å². The summed E-state index contributed by atoms with van der Waals surface area (Å²) in [5.41, 5.74) is 0. The second-order valence-corrected chi connectivity index (χ2v) is 6.92. The van der Waals surface area contributed by atoms with Crippen LogP contribution in [0.5, 0.6) is 0 Å². The Morgan fingerprint density at radius 2 is 2.14 bits per heavy atom. The summed E-state index contributed by atoms with van der Waals surface area (Å²) in [6.45, 7) is 5.08. The van der Waals surface area contributed by atoms with Gasteiger partial charge in [-0.2, -0.15) is 0 Å². The number of piperidine rings is 1. The number of carbonyl (C=O) groups excluding carboxylic acids is 2. The Morgan fingerprint density at radius 1 is 1.27 bits per heavy atom. The summed E-state index contributed by atoms with van der Waals surface area (Å²) in [7, 11) is 0. The minimum atomic E-state index is -0.138. The zero-order valence-corrected chi connectivity index (χ0v) is 13.6. The molecule has 124 valence electrons. The highest BCUT2D eigenvalue weighted by Gasteiger charge is 2.39. The number of likely N-dealkylation sites (tertiary alicyclic amines) is 2. The van der Waals surface area contributed by atoms with E-state index in [4.69, 9.17) is 4.74 Å². The molecule has 3 atom stereocenters. The summed E-state index contributed by atoms with van der Waals surface area (Å²) in [5, 5.41) is 0. The molecule has 5 heteroatoms. The first kappa shape index (κ1) is 15.8.